The third-order valence-corrected chi connectivity index (χ3v) is 4.22. The molecule has 0 spiro atoms. The second kappa shape index (κ2) is 5.61. The van der Waals surface area contributed by atoms with Crippen LogP contribution in [0.2, 0.25) is 5.02 Å². The van der Waals surface area contributed by atoms with Crippen molar-refractivity contribution in [2.75, 3.05) is 0 Å². The number of H-pyrrole nitrogens is 1. The van der Waals surface area contributed by atoms with Crippen molar-refractivity contribution in [3.8, 4) is 0 Å². The molecule has 0 bridgehead atoms. The Bertz CT molecular complexity index is 657. The summed E-state index contributed by atoms with van der Waals surface area (Å²) in [4.78, 5) is -0.0186. The number of nitrogens with one attached hydrogen (secondary N) is 2. The molecule has 0 aliphatic rings. The van der Waals surface area contributed by atoms with Crippen molar-refractivity contribution in [2.45, 2.75) is 18.0 Å². The molecule has 19 heavy (non-hydrogen) atoms. The van der Waals surface area contributed by atoms with Crippen LogP contribution in [-0.4, -0.2) is 29.0 Å². The summed E-state index contributed by atoms with van der Waals surface area (Å²) in [5.74, 6) is 0.235. The second-order valence-electron chi connectivity index (χ2n) is 3.62. The summed E-state index contributed by atoms with van der Waals surface area (Å²) in [5, 5.41) is 12.9. The lowest BCUT2D eigenvalue weighted by atomic mass is 10.2. The number of benzene rings is 1. The van der Waals surface area contributed by atoms with E-state index >= 15 is 0 Å². The number of sulfonamides is 1. The number of nitrogens with two attached hydrogens (primary N) is 1. The van der Waals surface area contributed by atoms with E-state index in [1.54, 1.807) is 6.07 Å². The average molecular weight is 303 g/mol. The standard InChI is InChI=1S/C9H11ClN6O2S/c10-7-3-6(4-11)1-2-8(7)19(17,18)12-5-9-13-15-16-14-9/h1-3,12H,4-5,11H2,(H,13,14,15,16). The molecule has 1 aromatic heterocycles. The first-order valence-electron chi connectivity index (χ1n) is 5.23. The lowest BCUT2D eigenvalue weighted by molar-refractivity contribution is 0.579. The van der Waals surface area contributed by atoms with Crippen LogP contribution in [0.25, 0.3) is 0 Å². The van der Waals surface area contributed by atoms with Crippen LogP contribution in [0.1, 0.15) is 11.4 Å². The fourth-order valence-electron chi connectivity index (χ4n) is 1.38. The minimum Gasteiger partial charge on any atom is -0.326 e. The summed E-state index contributed by atoms with van der Waals surface area (Å²) in [6.45, 7) is 0.212. The number of hydrogen-bond donors (Lipinski definition) is 3. The predicted molar refractivity (Wildman–Crippen MR) is 67.5 cm³/mol. The molecule has 0 radical (unpaired) electrons. The topological polar surface area (TPSA) is 127 Å². The predicted octanol–water partition coefficient (Wildman–Crippen LogP) is -0.210. The average Bonchev–Trinajstić information content (AvgIpc) is 2.89. The van der Waals surface area contributed by atoms with Crippen LogP contribution >= 0.6 is 11.6 Å². The van der Waals surface area contributed by atoms with Crippen LogP contribution in [0.4, 0.5) is 0 Å². The van der Waals surface area contributed by atoms with Crippen LogP contribution in [0.5, 0.6) is 0 Å². The van der Waals surface area contributed by atoms with Gasteiger partial charge in [-0.05, 0) is 17.7 Å². The Morgan fingerprint density at radius 2 is 2.21 bits per heavy atom. The van der Waals surface area contributed by atoms with Gasteiger partial charge in [0.25, 0.3) is 0 Å². The number of hydrogen-bond acceptors (Lipinski definition) is 6. The highest BCUT2D eigenvalue weighted by Crippen LogP contribution is 2.22. The Labute approximate surface area is 114 Å². The van der Waals surface area contributed by atoms with Gasteiger partial charge in [0.15, 0.2) is 5.82 Å². The zero-order chi connectivity index (χ0) is 13.9. The fourth-order valence-corrected chi connectivity index (χ4v) is 2.93. The summed E-state index contributed by atoms with van der Waals surface area (Å²) < 4.78 is 26.4. The summed E-state index contributed by atoms with van der Waals surface area (Å²) in [7, 11) is -3.74. The molecule has 10 heteroatoms. The monoisotopic (exact) mass is 302 g/mol. The van der Waals surface area contributed by atoms with Gasteiger partial charge < -0.3 is 5.73 Å². The molecule has 4 N–H and O–H groups in total. The van der Waals surface area contributed by atoms with Crippen molar-refractivity contribution in [1.29, 1.82) is 0 Å². The van der Waals surface area contributed by atoms with Crippen molar-refractivity contribution in [1.82, 2.24) is 25.3 Å². The first-order chi connectivity index (χ1) is 9.03. The highest BCUT2D eigenvalue weighted by atomic mass is 35.5. The molecule has 0 fully saturated rings. The first kappa shape index (κ1) is 13.9. The number of aromatic amines is 1. The van der Waals surface area contributed by atoms with Crippen LogP contribution in [0.3, 0.4) is 0 Å². The Hall–Kier alpha value is -1.55. The van der Waals surface area contributed by atoms with Crippen LogP contribution in [0.15, 0.2) is 23.1 Å². The van der Waals surface area contributed by atoms with Gasteiger partial charge in [0.05, 0.1) is 11.6 Å². The van der Waals surface area contributed by atoms with E-state index in [0.29, 0.717) is 0 Å². The van der Waals surface area contributed by atoms with Gasteiger partial charge in [-0.2, -0.15) is 5.21 Å². The molecule has 0 saturated heterocycles. The molecular formula is C9H11ClN6O2S. The van der Waals surface area contributed by atoms with E-state index in [9.17, 15) is 8.42 Å². The molecular weight excluding hydrogens is 292 g/mol. The van der Waals surface area contributed by atoms with Gasteiger partial charge in [-0.3, -0.25) is 0 Å². The van der Waals surface area contributed by atoms with Crippen molar-refractivity contribution in [3.05, 3.63) is 34.6 Å². The maximum absolute atomic E-state index is 12.0. The quantitative estimate of drug-likeness (QED) is 0.701. The first-order valence-corrected chi connectivity index (χ1v) is 7.09. The van der Waals surface area contributed by atoms with E-state index in [0.717, 1.165) is 5.56 Å². The maximum atomic E-state index is 12.0. The summed E-state index contributed by atoms with van der Waals surface area (Å²) >= 11 is 5.93. The Balaban J connectivity index is 2.19. The third kappa shape index (κ3) is 3.26. The molecule has 0 aliphatic carbocycles. The number of rotatable bonds is 5. The molecule has 8 nitrogen and oxygen atoms in total. The minimum absolute atomic E-state index is 0.0186. The van der Waals surface area contributed by atoms with Crippen molar-refractivity contribution < 1.29 is 8.42 Å². The van der Waals surface area contributed by atoms with Gasteiger partial charge in [-0.25, -0.2) is 13.1 Å². The summed E-state index contributed by atoms with van der Waals surface area (Å²) in [6, 6.07) is 4.53. The Morgan fingerprint density at radius 3 is 2.79 bits per heavy atom. The molecule has 0 amide bonds. The summed E-state index contributed by atoms with van der Waals surface area (Å²) in [5.41, 5.74) is 6.20. The highest BCUT2D eigenvalue weighted by Gasteiger charge is 2.18. The second-order valence-corrected chi connectivity index (χ2v) is 5.76. The maximum Gasteiger partial charge on any atom is 0.242 e. The number of aromatic nitrogens is 4. The van der Waals surface area contributed by atoms with Crippen LogP contribution < -0.4 is 10.5 Å². The van der Waals surface area contributed by atoms with Crippen molar-refractivity contribution in [3.63, 3.8) is 0 Å². The lowest BCUT2D eigenvalue weighted by Crippen LogP contribution is -2.24. The van der Waals surface area contributed by atoms with E-state index in [1.165, 1.54) is 12.1 Å². The van der Waals surface area contributed by atoms with E-state index in [2.05, 4.69) is 25.3 Å². The zero-order valence-electron chi connectivity index (χ0n) is 9.67. The fraction of sp³-hybridized carbons (Fsp3) is 0.222. The van der Waals surface area contributed by atoms with Crippen LogP contribution in [-0.2, 0) is 23.1 Å². The molecule has 0 saturated carbocycles. The molecule has 0 atom stereocenters. The van der Waals surface area contributed by atoms with Gasteiger partial charge in [-0.1, -0.05) is 22.9 Å². The number of halogens is 1. The van der Waals surface area contributed by atoms with Gasteiger partial charge in [0.1, 0.15) is 4.90 Å². The highest BCUT2D eigenvalue weighted by molar-refractivity contribution is 7.89. The van der Waals surface area contributed by atoms with Gasteiger partial charge in [0, 0.05) is 6.54 Å². The van der Waals surface area contributed by atoms with E-state index < -0.39 is 10.0 Å². The Morgan fingerprint density at radius 1 is 1.42 bits per heavy atom. The molecule has 0 aliphatic heterocycles. The Kier molecular flexibility index (Phi) is 4.10. The van der Waals surface area contributed by atoms with Crippen molar-refractivity contribution >= 4 is 21.6 Å². The largest absolute Gasteiger partial charge is 0.326 e. The normalized spacial score (nSPS) is 11.7. The molecule has 0 unspecified atom stereocenters. The van der Waals surface area contributed by atoms with Gasteiger partial charge in [0.2, 0.25) is 10.0 Å². The molecule has 1 aromatic carbocycles. The number of tetrazole rings is 1. The smallest absolute Gasteiger partial charge is 0.242 e. The zero-order valence-corrected chi connectivity index (χ0v) is 11.2. The van der Waals surface area contributed by atoms with E-state index in [-0.39, 0.29) is 28.8 Å². The van der Waals surface area contributed by atoms with Crippen LogP contribution in [0, 0.1) is 0 Å². The molecule has 1 heterocycles. The van der Waals surface area contributed by atoms with Gasteiger partial charge >= 0.3 is 0 Å². The number of nitrogens with zero attached hydrogens (tertiary/aromatic N) is 3. The molecule has 2 aromatic rings. The SMILES string of the molecule is NCc1ccc(S(=O)(=O)NCc2nn[nH]n2)c(Cl)c1. The van der Waals surface area contributed by atoms with Crippen molar-refractivity contribution in [2.24, 2.45) is 5.73 Å². The third-order valence-electron chi connectivity index (χ3n) is 2.33. The van der Waals surface area contributed by atoms with Gasteiger partial charge in [-0.15, -0.1) is 10.2 Å². The summed E-state index contributed by atoms with van der Waals surface area (Å²) in [6.07, 6.45) is 0. The molecule has 102 valence electrons. The lowest BCUT2D eigenvalue weighted by Gasteiger charge is -2.08. The molecule has 2 rings (SSSR count). The van der Waals surface area contributed by atoms with E-state index in [1.807, 2.05) is 0 Å². The minimum atomic E-state index is -3.74. The van der Waals surface area contributed by atoms with E-state index in [4.69, 9.17) is 17.3 Å².